The Balaban J connectivity index is 1.03. The molecule has 0 bridgehead atoms. The fourth-order valence-electron chi connectivity index (χ4n) is 6.05. The van der Waals surface area contributed by atoms with Crippen LogP contribution in [0.1, 0.15) is 30.1 Å². The molecular weight excluding hydrogens is 506 g/mol. The van der Waals surface area contributed by atoms with E-state index in [1.807, 2.05) is 36.5 Å². The molecule has 0 amide bonds. The van der Waals surface area contributed by atoms with Gasteiger partial charge in [0.25, 0.3) is 0 Å². The molecule has 1 saturated heterocycles. The monoisotopic (exact) mass is 535 g/mol. The Hall–Kier alpha value is -4.88. The lowest BCUT2D eigenvalue weighted by atomic mass is 9.95. The molecule has 2 N–H and O–H groups in total. The van der Waals surface area contributed by atoms with Crippen molar-refractivity contribution in [2.75, 3.05) is 13.1 Å². The summed E-state index contributed by atoms with van der Waals surface area (Å²) in [6.45, 7) is 3.08. The van der Waals surface area contributed by atoms with Crippen molar-refractivity contribution >= 4 is 33.0 Å². The van der Waals surface area contributed by atoms with E-state index in [2.05, 4.69) is 80.7 Å². The van der Waals surface area contributed by atoms with Crippen molar-refractivity contribution in [1.82, 2.24) is 35.0 Å². The van der Waals surface area contributed by atoms with Gasteiger partial charge in [-0.15, -0.1) is 0 Å². The van der Waals surface area contributed by atoms with Crippen LogP contribution in [0.3, 0.4) is 0 Å². The maximum atomic E-state index is 5.13. The van der Waals surface area contributed by atoms with Crippen molar-refractivity contribution in [2.24, 2.45) is 0 Å². The molecule has 4 heterocycles. The van der Waals surface area contributed by atoms with Crippen molar-refractivity contribution in [2.45, 2.75) is 25.3 Å². The molecule has 0 aliphatic carbocycles. The number of aromatic amines is 2. The summed E-state index contributed by atoms with van der Waals surface area (Å²) in [6.07, 6.45) is 4.07. The van der Waals surface area contributed by atoms with E-state index in [1.165, 1.54) is 5.56 Å². The number of nitrogens with zero attached hydrogens (tertiary/aromatic N) is 5. The first-order chi connectivity index (χ1) is 20.3. The summed E-state index contributed by atoms with van der Waals surface area (Å²) in [7, 11) is 0. The molecule has 0 atom stereocenters. The fourth-order valence-corrected chi connectivity index (χ4v) is 6.05. The Kier molecular flexibility index (Phi) is 5.81. The largest absolute Gasteiger partial charge is 0.342 e. The highest BCUT2D eigenvalue weighted by molar-refractivity contribution is 5.95. The zero-order valence-corrected chi connectivity index (χ0v) is 22.6. The van der Waals surface area contributed by atoms with E-state index >= 15 is 0 Å². The third-order valence-electron chi connectivity index (χ3n) is 8.29. The Bertz CT molecular complexity index is 1950. The van der Waals surface area contributed by atoms with Crippen molar-refractivity contribution in [3.8, 4) is 22.5 Å². The number of imidazole rings is 1. The van der Waals surface area contributed by atoms with Crippen LogP contribution in [0.2, 0.25) is 0 Å². The number of piperidine rings is 1. The highest BCUT2D eigenvalue weighted by atomic mass is 15.1. The first-order valence-electron chi connectivity index (χ1n) is 14.2. The molecule has 8 rings (SSSR count). The number of nitrogens with one attached hydrogen (secondary N) is 2. The minimum absolute atomic E-state index is 0.493. The Morgan fingerprint density at radius 1 is 0.683 bits per heavy atom. The summed E-state index contributed by atoms with van der Waals surface area (Å²) >= 11 is 0. The SMILES string of the molecule is c1ccc(-c2nc3cc4[nH]ncc4cc3nc2-c2ccc(CN3CCC(c4nc5ccccc5[nH]4)CC3)cc2)cc1. The number of H-pyrrole nitrogens is 2. The second kappa shape index (κ2) is 9.94. The van der Waals surface area contributed by atoms with Gasteiger partial charge in [0, 0.05) is 29.0 Å². The highest BCUT2D eigenvalue weighted by Crippen LogP contribution is 2.33. The summed E-state index contributed by atoms with van der Waals surface area (Å²) in [6, 6.07) is 31.5. The van der Waals surface area contributed by atoms with E-state index in [4.69, 9.17) is 15.0 Å². The first kappa shape index (κ1) is 24.0. The number of hydrogen-bond donors (Lipinski definition) is 2. The molecule has 41 heavy (non-hydrogen) atoms. The van der Waals surface area contributed by atoms with Gasteiger partial charge in [0.2, 0.25) is 0 Å². The molecule has 1 aliphatic rings. The van der Waals surface area contributed by atoms with Crippen LogP contribution in [-0.2, 0) is 6.54 Å². The standard InChI is InChI=1S/C34H29N7/c1-2-6-23(7-3-1)32-33(36-30-18-26-20-35-40-29(26)19-31(30)37-32)24-12-10-22(11-13-24)21-41-16-14-25(15-17-41)34-38-27-8-4-5-9-28(27)39-34/h1-13,18-20,25H,14-17,21H2,(H,35,40)(H,38,39). The molecule has 0 saturated carbocycles. The third kappa shape index (κ3) is 4.54. The van der Waals surface area contributed by atoms with Crippen LogP contribution in [-0.4, -0.2) is 48.1 Å². The molecule has 0 unspecified atom stereocenters. The van der Waals surface area contributed by atoms with E-state index in [-0.39, 0.29) is 0 Å². The number of para-hydroxylation sites is 2. The number of fused-ring (bicyclic) bond motifs is 3. The van der Waals surface area contributed by atoms with Gasteiger partial charge >= 0.3 is 0 Å². The molecule has 3 aromatic heterocycles. The third-order valence-corrected chi connectivity index (χ3v) is 8.29. The summed E-state index contributed by atoms with van der Waals surface area (Å²) < 4.78 is 0. The molecule has 200 valence electrons. The van der Waals surface area contributed by atoms with Crippen molar-refractivity contribution in [3.05, 3.63) is 109 Å². The van der Waals surface area contributed by atoms with Crippen LogP contribution >= 0.6 is 0 Å². The topological polar surface area (TPSA) is 86.4 Å². The summed E-state index contributed by atoms with van der Waals surface area (Å²) in [5.74, 6) is 1.63. The minimum Gasteiger partial charge on any atom is -0.342 e. The number of rotatable bonds is 5. The fraction of sp³-hybridized carbons (Fsp3) is 0.176. The minimum atomic E-state index is 0.493. The van der Waals surface area contributed by atoms with E-state index < -0.39 is 0 Å². The lowest BCUT2D eigenvalue weighted by Gasteiger charge is -2.31. The highest BCUT2D eigenvalue weighted by Gasteiger charge is 2.23. The summed E-state index contributed by atoms with van der Waals surface area (Å²) in [4.78, 5) is 21.2. The average Bonchev–Trinajstić information content (AvgIpc) is 3.67. The lowest BCUT2D eigenvalue weighted by Crippen LogP contribution is -2.32. The second-order valence-electron chi connectivity index (χ2n) is 11.0. The van der Waals surface area contributed by atoms with Gasteiger partial charge in [-0.25, -0.2) is 15.0 Å². The van der Waals surface area contributed by atoms with E-state index in [0.29, 0.717) is 5.92 Å². The molecule has 7 nitrogen and oxygen atoms in total. The van der Waals surface area contributed by atoms with Gasteiger partial charge in [0.05, 0.1) is 45.2 Å². The van der Waals surface area contributed by atoms with Crippen LogP contribution in [0.4, 0.5) is 0 Å². The Morgan fingerprint density at radius 2 is 1.39 bits per heavy atom. The zero-order valence-electron chi connectivity index (χ0n) is 22.6. The van der Waals surface area contributed by atoms with Crippen LogP contribution in [0, 0.1) is 0 Å². The first-order valence-corrected chi connectivity index (χ1v) is 14.2. The van der Waals surface area contributed by atoms with Crippen LogP contribution in [0.25, 0.3) is 55.5 Å². The van der Waals surface area contributed by atoms with Crippen LogP contribution in [0.15, 0.2) is 97.2 Å². The maximum Gasteiger partial charge on any atom is 0.110 e. The second-order valence-corrected chi connectivity index (χ2v) is 11.0. The molecule has 4 aromatic carbocycles. The van der Waals surface area contributed by atoms with E-state index in [0.717, 1.165) is 93.8 Å². The average molecular weight is 536 g/mol. The molecular formula is C34H29N7. The Morgan fingerprint density at radius 3 is 2.17 bits per heavy atom. The lowest BCUT2D eigenvalue weighted by molar-refractivity contribution is 0.202. The van der Waals surface area contributed by atoms with Gasteiger partial charge < -0.3 is 4.98 Å². The van der Waals surface area contributed by atoms with Crippen molar-refractivity contribution in [1.29, 1.82) is 0 Å². The molecule has 0 spiro atoms. The smallest absolute Gasteiger partial charge is 0.110 e. The molecule has 1 aliphatic heterocycles. The van der Waals surface area contributed by atoms with Gasteiger partial charge in [-0.3, -0.25) is 10.00 Å². The maximum absolute atomic E-state index is 5.13. The van der Waals surface area contributed by atoms with Gasteiger partial charge in [-0.1, -0.05) is 66.7 Å². The molecule has 0 radical (unpaired) electrons. The van der Waals surface area contributed by atoms with Gasteiger partial charge in [0.1, 0.15) is 5.82 Å². The number of benzene rings is 4. The molecule has 1 fully saturated rings. The van der Waals surface area contributed by atoms with Crippen LogP contribution in [0.5, 0.6) is 0 Å². The van der Waals surface area contributed by atoms with E-state index in [1.54, 1.807) is 0 Å². The van der Waals surface area contributed by atoms with Crippen LogP contribution < -0.4 is 0 Å². The number of aromatic nitrogens is 6. The van der Waals surface area contributed by atoms with Gasteiger partial charge in [-0.2, -0.15) is 5.10 Å². The normalized spacial score (nSPS) is 14.8. The quantitative estimate of drug-likeness (QED) is 0.246. The predicted molar refractivity (Wildman–Crippen MR) is 163 cm³/mol. The number of likely N-dealkylation sites (tertiary alicyclic amines) is 1. The summed E-state index contributed by atoms with van der Waals surface area (Å²) in [5.41, 5.74) is 10.1. The van der Waals surface area contributed by atoms with Gasteiger partial charge in [-0.05, 0) is 55.8 Å². The van der Waals surface area contributed by atoms with E-state index in [9.17, 15) is 0 Å². The summed E-state index contributed by atoms with van der Waals surface area (Å²) in [5, 5.41) is 8.26. The molecule has 7 aromatic rings. The predicted octanol–water partition coefficient (Wildman–Crippen LogP) is 7.10. The Labute approximate surface area is 237 Å². The number of hydrogen-bond acceptors (Lipinski definition) is 5. The van der Waals surface area contributed by atoms with Gasteiger partial charge in [0.15, 0.2) is 0 Å². The molecule has 7 heteroatoms. The van der Waals surface area contributed by atoms with Crippen molar-refractivity contribution in [3.63, 3.8) is 0 Å². The van der Waals surface area contributed by atoms with Crippen molar-refractivity contribution < 1.29 is 0 Å². The zero-order chi connectivity index (χ0) is 27.2.